The van der Waals surface area contributed by atoms with Gasteiger partial charge in [-0.05, 0) is 46.7 Å². The summed E-state index contributed by atoms with van der Waals surface area (Å²) in [6.07, 6.45) is 1.66. The summed E-state index contributed by atoms with van der Waals surface area (Å²) in [6, 6.07) is 18.6. The zero-order valence-electron chi connectivity index (χ0n) is 21.5. The predicted octanol–water partition coefficient (Wildman–Crippen LogP) is 8.50. The lowest BCUT2D eigenvalue weighted by atomic mass is 9.79. The lowest BCUT2D eigenvalue weighted by molar-refractivity contribution is 0.262. The number of aromatic nitrogens is 1. The number of benzene rings is 3. The molecule has 0 saturated heterocycles. The predicted molar refractivity (Wildman–Crippen MR) is 150 cm³/mol. The first-order chi connectivity index (χ1) is 16.8. The van der Waals surface area contributed by atoms with Gasteiger partial charge in [-0.25, -0.2) is 4.79 Å². The molecule has 4 aromatic rings. The number of phenols is 1. The maximum absolute atomic E-state index is 13.2. The van der Waals surface area contributed by atoms with E-state index in [1.807, 2.05) is 96.1 Å². The first-order valence-electron chi connectivity index (χ1n) is 11.9. The minimum Gasteiger partial charge on any atom is -0.507 e. The lowest BCUT2D eigenvalue weighted by Crippen LogP contribution is -2.22. The Balaban J connectivity index is 1.75. The van der Waals surface area contributed by atoms with Crippen molar-refractivity contribution >= 4 is 39.9 Å². The highest BCUT2D eigenvalue weighted by Gasteiger charge is 2.27. The molecule has 5 nitrogen and oxygen atoms in total. The van der Waals surface area contributed by atoms with Gasteiger partial charge in [-0.15, -0.1) is 0 Å². The fourth-order valence-electron chi connectivity index (χ4n) is 4.31. The largest absolute Gasteiger partial charge is 0.507 e. The second kappa shape index (κ2) is 9.47. The van der Waals surface area contributed by atoms with E-state index < -0.39 is 6.03 Å². The number of pyridine rings is 1. The number of hydrogen-bond acceptors (Lipinski definition) is 3. The minimum absolute atomic E-state index is 0.267. The summed E-state index contributed by atoms with van der Waals surface area (Å²) in [4.78, 5) is 17.8. The molecule has 1 aromatic heterocycles. The van der Waals surface area contributed by atoms with E-state index in [2.05, 4.69) is 15.6 Å². The number of fused-ring (bicyclic) bond motifs is 1. The van der Waals surface area contributed by atoms with Gasteiger partial charge in [0.15, 0.2) is 0 Å². The number of halogens is 1. The molecule has 0 radical (unpaired) electrons. The van der Waals surface area contributed by atoms with Gasteiger partial charge < -0.3 is 15.7 Å². The highest BCUT2D eigenvalue weighted by Crippen LogP contribution is 2.41. The molecule has 1 heterocycles. The van der Waals surface area contributed by atoms with Gasteiger partial charge in [0.1, 0.15) is 5.75 Å². The molecule has 0 spiro atoms. The molecule has 0 saturated carbocycles. The van der Waals surface area contributed by atoms with E-state index in [-0.39, 0.29) is 16.6 Å². The molecule has 0 fully saturated rings. The van der Waals surface area contributed by atoms with E-state index in [0.29, 0.717) is 16.4 Å². The summed E-state index contributed by atoms with van der Waals surface area (Å²) in [5.74, 6) is 0.267. The van der Waals surface area contributed by atoms with Crippen LogP contribution in [-0.4, -0.2) is 16.1 Å². The number of carbonyl (C=O) groups is 1. The van der Waals surface area contributed by atoms with Crippen molar-refractivity contribution in [1.82, 2.24) is 4.98 Å². The summed E-state index contributed by atoms with van der Waals surface area (Å²) in [7, 11) is 0. The van der Waals surface area contributed by atoms with Crippen molar-refractivity contribution in [1.29, 1.82) is 0 Å². The number of carbonyl (C=O) groups excluding carboxylic acids is 1. The first kappa shape index (κ1) is 25.5. The topological polar surface area (TPSA) is 74.2 Å². The monoisotopic (exact) mass is 501 g/mol. The Hall–Kier alpha value is -3.57. The van der Waals surface area contributed by atoms with E-state index in [1.54, 1.807) is 12.3 Å². The van der Waals surface area contributed by atoms with Gasteiger partial charge >= 0.3 is 6.03 Å². The zero-order chi connectivity index (χ0) is 26.3. The van der Waals surface area contributed by atoms with Gasteiger partial charge in [-0.2, -0.15) is 0 Å². The molecule has 3 N–H and O–H groups in total. The molecule has 0 atom stereocenters. The van der Waals surface area contributed by atoms with E-state index in [9.17, 15) is 9.90 Å². The van der Waals surface area contributed by atoms with Crippen LogP contribution >= 0.6 is 11.6 Å². The van der Waals surface area contributed by atoms with Crippen LogP contribution in [0, 0.1) is 0 Å². The second-order valence-corrected chi connectivity index (χ2v) is 11.5. The standard InChI is InChI=1S/C30H32ClN3O2/c1-29(2,3)22-15-20(16-23(27(22)35)30(4,5)6)33-28(36)34-25-17-32-24-13-12-19(31)14-21(24)26(25)18-10-8-7-9-11-18/h7-17,35H,1-6H3,(H2,33,34,36). The van der Waals surface area contributed by atoms with Crippen molar-refractivity contribution in [3.8, 4) is 16.9 Å². The van der Waals surface area contributed by atoms with Crippen LogP contribution in [0.1, 0.15) is 52.7 Å². The summed E-state index contributed by atoms with van der Waals surface area (Å²) < 4.78 is 0. The summed E-state index contributed by atoms with van der Waals surface area (Å²) in [6.45, 7) is 12.2. The van der Waals surface area contributed by atoms with Crippen LogP contribution in [0.2, 0.25) is 5.02 Å². The molecule has 2 amide bonds. The third-order valence-corrected chi connectivity index (χ3v) is 6.36. The van der Waals surface area contributed by atoms with Gasteiger partial charge in [0.25, 0.3) is 0 Å². The Labute approximate surface area is 217 Å². The third kappa shape index (κ3) is 5.31. The van der Waals surface area contributed by atoms with Crippen LogP contribution in [0.4, 0.5) is 16.2 Å². The molecule has 0 aliphatic carbocycles. The van der Waals surface area contributed by atoms with Crippen molar-refractivity contribution in [2.24, 2.45) is 0 Å². The highest BCUT2D eigenvalue weighted by molar-refractivity contribution is 6.31. The fourth-order valence-corrected chi connectivity index (χ4v) is 4.48. The van der Waals surface area contributed by atoms with Gasteiger partial charge in [0.05, 0.1) is 17.4 Å². The number of phenolic OH excluding ortho intramolecular Hbond substituents is 1. The number of hydrogen-bond donors (Lipinski definition) is 3. The number of aromatic hydroxyl groups is 1. The SMILES string of the molecule is CC(C)(C)c1cc(NC(=O)Nc2cnc3ccc(Cl)cc3c2-c2ccccc2)cc(C(C)(C)C)c1O. The van der Waals surface area contributed by atoms with Crippen molar-refractivity contribution in [3.05, 3.63) is 83.0 Å². The van der Waals surface area contributed by atoms with Gasteiger partial charge in [0, 0.05) is 32.8 Å². The summed E-state index contributed by atoms with van der Waals surface area (Å²) >= 11 is 6.31. The number of rotatable bonds is 3. The quantitative estimate of drug-likeness (QED) is 0.246. The summed E-state index contributed by atoms with van der Waals surface area (Å²) in [5.41, 5.74) is 4.69. The van der Waals surface area contributed by atoms with Crippen molar-refractivity contribution in [2.45, 2.75) is 52.4 Å². The van der Waals surface area contributed by atoms with Gasteiger partial charge in [0.2, 0.25) is 0 Å². The number of anilines is 2. The maximum atomic E-state index is 13.2. The Morgan fingerprint density at radius 2 is 1.47 bits per heavy atom. The van der Waals surface area contributed by atoms with Crippen LogP contribution in [0.25, 0.3) is 22.0 Å². The average Bonchev–Trinajstić information content (AvgIpc) is 2.79. The zero-order valence-corrected chi connectivity index (χ0v) is 22.3. The van der Waals surface area contributed by atoms with Crippen LogP contribution in [0.15, 0.2) is 66.9 Å². The highest BCUT2D eigenvalue weighted by atomic mass is 35.5. The molecular weight excluding hydrogens is 470 g/mol. The molecule has 0 unspecified atom stereocenters. The Kier molecular flexibility index (Phi) is 6.72. The van der Waals surface area contributed by atoms with Crippen LogP contribution < -0.4 is 10.6 Å². The smallest absolute Gasteiger partial charge is 0.323 e. The molecule has 4 rings (SSSR count). The molecular formula is C30H32ClN3O2. The molecule has 3 aromatic carbocycles. The van der Waals surface area contributed by atoms with Crippen molar-refractivity contribution in [3.63, 3.8) is 0 Å². The van der Waals surface area contributed by atoms with Gasteiger partial charge in [-0.3, -0.25) is 4.98 Å². The van der Waals surface area contributed by atoms with Crippen LogP contribution in [0.3, 0.4) is 0 Å². The Bertz CT molecular complexity index is 1400. The third-order valence-electron chi connectivity index (χ3n) is 6.12. The number of urea groups is 1. The molecule has 6 heteroatoms. The van der Waals surface area contributed by atoms with E-state index in [4.69, 9.17) is 11.6 Å². The maximum Gasteiger partial charge on any atom is 0.323 e. The average molecular weight is 502 g/mol. The number of amides is 2. The van der Waals surface area contributed by atoms with Crippen molar-refractivity contribution < 1.29 is 9.90 Å². The van der Waals surface area contributed by atoms with Crippen LogP contribution in [-0.2, 0) is 10.8 Å². The normalized spacial score (nSPS) is 12.0. The molecule has 0 aliphatic rings. The molecule has 0 aliphatic heterocycles. The minimum atomic E-state index is -0.402. The van der Waals surface area contributed by atoms with E-state index in [0.717, 1.165) is 33.2 Å². The van der Waals surface area contributed by atoms with Gasteiger partial charge in [-0.1, -0.05) is 83.5 Å². The number of nitrogens with zero attached hydrogens (tertiary/aromatic N) is 1. The Morgan fingerprint density at radius 1 is 0.861 bits per heavy atom. The van der Waals surface area contributed by atoms with Crippen molar-refractivity contribution in [2.75, 3.05) is 10.6 Å². The lowest BCUT2D eigenvalue weighted by Gasteiger charge is -2.28. The Morgan fingerprint density at radius 3 is 2.06 bits per heavy atom. The fraction of sp³-hybridized carbons (Fsp3) is 0.267. The first-order valence-corrected chi connectivity index (χ1v) is 12.3. The number of nitrogens with one attached hydrogen (secondary N) is 2. The summed E-state index contributed by atoms with van der Waals surface area (Å²) in [5, 5.41) is 18.4. The molecule has 186 valence electrons. The molecule has 36 heavy (non-hydrogen) atoms. The molecule has 0 bridgehead atoms. The van der Waals surface area contributed by atoms with E-state index in [1.165, 1.54) is 0 Å². The second-order valence-electron chi connectivity index (χ2n) is 11.1. The van der Waals surface area contributed by atoms with Crippen LogP contribution in [0.5, 0.6) is 5.75 Å². The van der Waals surface area contributed by atoms with E-state index >= 15 is 0 Å².